The minimum atomic E-state index is -4.27. The lowest BCUT2D eigenvalue weighted by molar-refractivity contribution is -0.166. The highest BCUT2D eigenvalue weighted by atomic mass is 32.2. The Morgan fingerprint density at radius 2 is 1.58 bits per heavy atom. The second kappa shape index (κ2) is 10.3. The van der Waals surface area contributed by atoms with E-state index < -0.39 is 58.0 Å². The van der Waals surface area contributed by atoms with Crippen molar-refractivity contribution in [3.63, 3.8) is 0 Å². The quantitative estimate of drug-likeness (QED) is 0.295. The summed E-state index contributed by atoms with van der Waals surface area (Å²) in [5, 5.41) is 0. The Balaban J connectivity index is 1.77. The van der Waals surface area contributed by atoms with Gasteiger partial charge in [-0.3, -0.25) is 23.7 Å². The molecule has 0 radical (unpaired) electrons. The summed E-state index contributed by atoms with van der Waals surface area (Å²) in [5.41, 5.74) is -0.519. The summed E-state index contributed by atoms with van der Waals surface area (Å²) in [6.45, 7) is 4.93. The third-order valence-corrected chi connectivity index (χ3v) is 7.29. The van der Waals surface area contributed by atoms with Gasteiger partial charge < -0.3 is 18.9 Å². The van der Waals surface area contributed by atoms with E-state index in [2.05, 4.69) is 9.97 Å². The number of aromatic nitrogens is 4. The summed E-state index contributed by atoms with van der Waals surface area (Å²) < 4.78 is 49.5. The van der Waals surface area contributed by atoms with Gasteiger partial charge in [0.2, 0.25) is 0 Å². The van der Waals surface area contributed by atoms with Crippen molar-refractivity contribution in [1.82, 2.24) is 18.5 Å². The zero-order chi connectivity index (χ0) is 27.8. The highest BCUT2D eigenvalue weighted by Crippen LogP contribution is 2.35. The molecule has 0 aliphatic carbocycles. The standard InChI is InChI=1S/C23H24N4O10S/c1-12-5-7-16(8-6-12)38(32,33)27-11-25-21-18(22(27)31)24-10-26(21)23-20(36-15(4)30)19(35-14(3)29)17(37-23)9-34-13(2)28/h5-8,10-11,17,19-20,23H,9H2,1-4H3/t17-,19-,20-,23-/m1/s1. The van der Waals surface area contributed by atoms with Crippen molar-refractivity contribution >= 4 is 39.1 Å². The van der Waals surface area contributed by atoms with Crippen LogP contribution in [0.4, 0.5) is 0 Å². The lowest BCUT2D eigenvalue weighted by Gasteiger charge is -2.23. The van der Waals surface area contributed by atoms with E-state index in [0.717, 1.165) is 32.1 Å². The van der Waals surface area contributed by atoms with Gasteiger partial charge in [-0.15, -0.1) is 0 Å². The first-order chi connectivity index (χ1) is 17.9. The Bertz CT molecular complexity index is 1560. The van der Waals surface area contributed by atoms with Crippen molar-refractivity contribution in [3.8, 4) is 0 Å². The number of benzene rings is 1. The predicted molar refractivity (Wildman–Crippen MR) is 127 cm³/mol. The highest BCUT2D eigenvalue weighted by molar-refractivity contribution is 7.90. The van der Waals surface area contributed by atoms with Crippen LogP contribution in [0.1, 0.15) is 32.6 Å². The number of nitrogens with zero attached hydrogens (tertiary/aromatic N) is 4. The molecule has 14 nitrogen and oxygen atoms in total. The van der Waals surface area contributed by atoms with Gasteiger partial charge in [0.05, 0.1) is 11.2 Å². The second-order valence-electron chi connectivity index (χ2n) is 8.50. The fraction of sp³-hybridized carbons (Fsp3) is 0.391. The van der Waals surface area contributed by atoms with Gasteiger partial charge in [-0.05, 0) is 19.1 Å². The molecule has 15 heteroatoms. The van der Waals surface area contributed by atoms with Gasteiger partial charge in [0.1, 0.15) is 19.0 Å². The summed E-state index contributed by atoms with van der Waals surface area (Å²) in [5.74, 6) is -2.05. The molecule has 1 aromatic carbocycles. The van der Waals surface area contributed by atoms with Crippen LogP contribution in [-0.2, 0) is 43.4 Å². The normalized spacial score (nSPS) is 21.3. The van der Waals surface area contributed by atoms with E-state index in [1.165, 1.54) is 23.6 Å². The van der Waals surface area contributed by atoms with Crippen molar-refractivity contribution in [2.24, 2.45) is 0 Å². The fourth-order valence-corrected chi connectivity index (χ4v) is 5.18. The maximum Gasteiger partial charge on any atom is 0.303 e. The van der Waals surface area contributed by atoms with E-state index in [4.69, 9.17) is 18.9 Å². The van der Waals surface area contributed by atoms with Gasteiger partial charge in [0, 0.05) is 20.8 Å². The van der Waals surface area contributed by atoms with Gasteiger partial charge >= 0.3 is 17.9 Å². The van der Waals surface area contributed by atoms with Crippen molar-refractivity contribution in [2.45, 2.75) is 57.1 Å². The largest absolute Gasteiger partial charge is 0.463 e. The molecule has 2 aromatic heterocycles. The van der Waals surface area contributed by atoms with Gasteiger partial charge in [-0.25, -0.2) is 18.4 Å². The van der Waals surface area contributed by atoms with Crippen LogP contribution in [0.3, 0.4) is 0 Å². The molecular weight excluding hydrogens is 524 g/mol. The number of hydrogen-bond acceptors (Lipinski definition) is 12. The third-order valence-electron chi connectivity index (χ3n) is 5.65. The number of aryl methyl sites for hydroxylation is 1. The molecule has 0 N–H and O–H groups in total. The number of carbonyl (C=O) groups excluding carboxylic acids is 3. The first kappa shape index (κ1) is 26.9. The van der Waals surface area contributed by atoms with Gasteiger partial charge in [-0.1, -0.05) is 17.7 Å². The van der Waals surface area contributed by atoms with Crippen molar-refractivity contribution in [1.29, 1.82) is 0 Å². The van der Waals surface area contributed by atoms with Crippen LogP contribution in [0.5, 0.6) is 0 Å². The number of carbonyl (C=O) groups is 3. The SMILES string of the molecule is CC(=O)OC[C@H]1O[C@@H](n2cnc3c(=O)n(S(=O)(=O)c4ccc(C)cc4)cnc32)[C@H](OC(C)=O)[C@@H]1OC(C)=O. The second-order valence-corrected chi connectivity index (χ2v) is 10.3. The predicted octanol–water partition coefficient (Wildman–Crippen LogP) is 0.462. The van der Waals surface area contributed by atoms with Crippen molar-refractivity contribution in [3.05, 3.63) is 52.8 Å². The molecule has 4 rings (SSSR count). The maximum atomic E-state index is 13.2. The van der Waals surface area contributed by atoms with Crippen LogP contribution >= 0.6 is 0 Å². The molecule has 1 aliphatic rings. The molecular formula is C23H24N4O10S. The number of hydrogen-bond donors (Lipinski definition) is 0. The van der Waals surface area contributed by atoms with Crippen LogP contribution in [0, 0.1) is 6.92 Å². The maximum absolute atomic E-state index is 13.2. The zero-order valence-corrected chi connectivity index (χ0v) is 21.6. The third kappa shape index (κ3) is 5.15. The molecule has 4 atom stereocenters. The average Bonchev–Trinajstić information content (AvgIpc) is 3.39. The van der Waals surface area contributed by atoms with E-state index in [9.17, 15) is 27.6 Å². The summed E-state index contributed by atoms with van der Waals surface area (Å²) in [6, 6.07) is 5.93. The molecule has 202 valence electrons. The molecule has 3 aromatic rings. The Morgan fingerprint density at radius 1 is 0.947 bits per heavy atom. The number of rotatable bonds is 7. The molecule has 0 spiro atoms. The minimum Gasteiger partial charge on any atom is -0.463 e. The fourth-order valence-electron chi connectivity index (χ4n) is 4.00. The van der Waals surface area contributed by atoms with E-state index in [-0.39, 0.29) is 22.7 Å². The summed E-state index contributed by atoms with van der Waals surface area (Å²) in [4.78, 5) is 56.2. The molecule has 0 unspecified atom stereocenters. The lowest BCUT2D eigenvalue weighted by Crippen LogP contribution is -2.40. The van der Waals surface area contributed by atoms with Gasteiger partial charge in [0.25, 0.3) is 15.6 Å². The van der Waals surface area contributed by atoms with Gasteiger partial charge in [-0.2, -0.15) is 3.97 Å². The van der Waals surface area contributed by atoms with Crippen LogP contribution in [0.25, 0.3) is 11.2 Å². The number of esters is 3. The lowest BCUT2D eigenvalue weighted by atomic mass is 10.1. The minimum absolute atomic E-state index is 0.0813. The highest BCUT2D eigenvalue weighted by Gasteiger charge is 2.51. The molecule has 38 heavy (non-hydrogen) atoms. The van der Waals surface area contributed by atoms with Crippen LogP contribution in [0.15, 0.2) is 46.6 Å². The number of fused-ring (bicyclic) bond motifs is 1. The Morgan fingerprint density at radius 3 is 2.18 bits per heavy atom. The van der Waals surface area contributed by atoms with Crippen LogP contribution in [-0.4, -0.2) is 69.8 Å². The monoisotopic (exact) mass is 548 g/mol. The first-order valence-electron chi connectivity index (χ1n) is 11.3. The summed E-state index contributed by atoms with van der Waals surface area (Å²) >= 11 is 0. The van der Waals surface area contributed by atoms with E-state index >= 15 is 0 Å². The van der Waals surface area contributed by atoms with Crippen LogP contribution in [0.2, 0.25) is 0 Å². The van der Waals surface area contributed by atoms with Gasteiger partial charge in [0.15, 0.2) is 29.6 Å². The van der Waals surface area contributed by atoms with E-state index in [0.29, 0.717) is 3.97 Å². The average molecular weight is 549 g/mol. The Labute approximate surface area is 216 Å². The smallest absolute Gasteiger partial charge is 0.303 e. The Hall–Kier alpha value is -4.11. The van der Waals surface area contributed by atoms with Crippen molar-refractivity contribution < 1.29 is 41.7 Å². The topological polar surface area (TPSA) is 175 Å². The molecule has 1 saturated heterocycles. The number of ether oxygens (including phenoxy) is 4. The van der Waals surface area contributed by atoms with Crippen LogP contribution < -0.4 is 5.56 Å². The summed E-state index contributed by atoms with van der Waals surface area (Å²) in [7, 11) is -4.27. The molecule has 0 saturated carbocycles. The van der Waals surface area contributed by atoms with E-state index in [1.807, 2.05) is 0 Å². The zero-order valence-electron chi connectivity index (χ0n) is 20.8. The molecule has 3 heterocycles. The molecule has 0 bridgehead atoms. The Kier molecular flexibility index (Phi) is 7.33. The van der Waals surface area contributed by atoms with Crippen molar-refractivity contribution in [2.75, 3.05) is 6.61 Å². The van der Waals surface area contributed by atoms with E-state index in [1.54, 1.807) is 19.1 Å². The first-order valence-corrected chi connectivity index (χ1v) is 12.7. The number of imidazole rings is 1. The molecule has 1 aliphatic heterocycles. The summed E-state index contributed by atoms with van der Waals surface area (Å²) in [6.07, 6.45) is -2.69. The molecule has 1 fully saturated rings. The molecule has 0 amide bonds.